The van der Waals surface area contributed by atoms with Gasteiger partial charge < -0.3 is 15.0 Å². The van der Waals surface area contributed by atoms with Crippen LogP contribution in [-0.4, -0.2) is 32.8 Å². The van der Waals surface area contributed by atoms with Crippen LogP contribution in [0.2, 0.25) is 0 Å². The number of nitrogens with zero attached hydrogens (tertiary/aromatic N) is 2. The van der Waals surface area contributed by atoms with Gasteiger partial charge in [0.2, 0.25) is 0 Å². The number of aryl methyl sites for hydroxylation is 2. The zero-order valence-corrected chi connectivity index (χ0v) is 18.4. The maximum absolute atomic E-state index is 12.9. The van der Waals surface area contributed by atoms with E-state index in [4.69, 9.17) is 4.74 Å². The molecule has 0 aliphatic heterocycles. The van der Waals surface area contributed by atoms with Crippen LogP contribution in [0.5, 0.6) is 0 Å². The summed E-state index contributed by atoms with van der Waals surface area (Å²) in [5.74, 6) is -1.19. The van der Waals surface area contributed by atoms with Crippen LogP contribution in [0.3, 0.4) is 0 Å². The molecule has 0 spiro atoms. The number of amides is 1. The van der Waals surface area contributed by atoms with E-state index in [1.807, 2.05) is 38.1 Å². The van der Waals surface area contributed by atoms with Gasteiger partial charge in [-0.05, 0) is 56.7 Å². The fourth-order valence-electron chi connectivity index (χ4n) is 3.69. The second-order valence-electron chi connectivity index (χ2n) is 7.70. The minimum atomic E-state index is -0.605. The van der Waals surface area contributed by atoms with Crippen LogP contribution in [0.1, 0.15) is 27.3 Å². The number of nitrogens with one attached hydrogen (secondary N) is 2. The highest BCUT2D eigenvalue weighted by atomic mass is 16.5. The number of rotatable bonds is 5. The monoisotopic (exact) mass is 432 g/mol. The normalized spacial score (nSPS) is 11.0. The third-order valence-electron chi connectivity index (χ3n) is 5.70. The van der Waals surface area contributed by atoms with Crippen molar-refractivity contribution in [2.75, 3.05) is 11.9 Å². The van der Waals surface area contributed by atoms with Crippen molar-refractivity contribution in [3.8, 4) is 5.69 Å². The van der Waals surface area contributed by atoms with Gasteiger partial charge in [-0.1, -0.05) is 18.2 Å². The summed E-state index contributed by atoms with van der Waals surface area (Å²) in [4.78, 5) is 41.0. The van der Waals surface area contributed by atoms with E-state index in [2.05, 4.69) is 10.3 Å². The number of H-pyrrole nitrogens is 1. The highest BCUT2D eigenvalue weighted by molar-refractivity contribution is 5.98. The molecule has 4 aromatic rings. The number of aromatic nitrogens is 3. The maximum atomic E-state index is 12.9. The summed E-state index contributed by atoms with van der Waals surface area (Å²) >= 11 is 0. The van der Waals surface area contributed by atoms with Crippen molar-refractivity contribution in [2.45, 2.75) is 20.8 Å². The van der Waals surface area contributed by atoms with Crippen LogP contribution in [0, 0.1) is 20.8 Å². The van der Waals surface area contributed by atoms with Crippen LogP contribution in [-0.2, 0) is 16.6 Å². The van der Waals surface area contributed by atoms with Crippen LogP contribution in [0.15, 0.2) is 53.3 Å². The Labute approximate surface area is 184 Å². The fraction of sp³-hybridized carbons (Fsp3) is 0.208. The van der Waals surface area contributed by atoms with Crippen LogP contribution >= 0.6 is 0 Å². The lowest BCUT2D eigenvalue weighted by Crippen LogP contribution is -2.25. The molecule has 0 saturated carbocycles. The van der Waals surface area contributed by atoms with Gasteiger partial charge in [-0.25, -0.2) is 9.48 Å². The Morgan fingerprint density at radius 2 is 1.78 bits per heavy atom. The number of hydrogen-bond acceptors (Lipinski definition) is 4. The Morgan fingerprint density at radius 3 is 2.50 bits per heavy atom. The number of para-hydroxylation sites is 1. The molecule has 2 aromatic heterocycles. The summed E-state index contributed by atoms with van der Waals surface area (Å²) in [5.41, 5.74) is 4.43. The molecule has 32 heavy (non-hydrogen) atoms. The van der Waals surface area contributed by atoms with E-state index in [0.29, 0.717) is 16.9 Å². The van der Waals surface area contributed by atoms with Gasteiger partial charge in [-0.2, -0.15) is 0 Å². The molecule has 4 rings (SSSR count). The number of fused-ring (bicyclic) bond motifs is 1. The number of benzene rings is 2. The van der Waals surface area contributed by atoms with Crippen molar-refractivity contribution in [3.63, 3.8) is 0 Å². The van der Waals surface area contributed by atoms with Crippen molar-refractivity contribution in [3.05, 3.63) is 81.4 Å². The van der Waals surface area contributed by atoms with Gasteiger partial charge in [0.15, 0.2) is 6.61 Å². The molecule has 2 N–H and O–H groups in total. The lowest BCUT2D eigenvalue weighted by atomic mass is 10.1. The molecule has 0 bridgehead atoms. The fourth-order valence-corrected chi connectivity index (χ4v) is 3.69. The number of aromatic amines is 1. The first-order chi connectivity index (χ1) is 15.3. The van der Waals surface area contributed by atoms with Gasteiger partial charge in [0, 0.05) is 23.6 Å². The Hall–Kier alpha value is -4.07. The van der Waals surface area contributed by atoms with Crippen LogP contribution in [0.4, 0.5) is 5.69 Å². The molecule has 0 aliphatic carbocycles. The summed E-state index contributed by atoms with van der Waals surface area (Å²) in [6.45, 7) is 5.18. The predicted octanol–water partition coefficient (Wildman–Crippen LogP) is 3.38. The molecular formula is C24H24N4O4. The van der Waals surface area contributed by atoms with E-state index < -0.39 is 18.5 Å². The average Bonchev–Trinajstić information content (AvgIpc) is 3.19. The molecular weight excluding hydrogens is 408 g/mol. The maximum Gasteiger partial charge on any atom is 0.338 e. The van der Waals surface area contributed by atoms with Gasteiger partial charge in [-0.15, -0.1) is 0 Å². The SMILES string of the molecule is Cc1[nH]c2ccc(C(=O)OCC(=O)Nc3c(C)n(C)n(-c4ccccc4)c3=O)cc2c1C. The first-order valence-corrected chi connectivity index (χ1v) is 10.2. The topological polar surface area (TPSA) is 98.1 Å². The van der Waals surface area contributed by atoms with Gasteiger partial charge >= 0.3 is 5.97 Å². The van der Waals surface area contributed by atoms with Gasteiger partial charge in [0.1, 0.15) is 5.69 Å². The first kappa shape index (κ1) is 21.2. The molecule has 1 amide bonds. The number of ether oxygens (including phenoxy) is 1. The minimum absolute atomic E-state index is 0.150. The van der Waals surface area contributed by atoms with Gasteiger partial charge in [0.05, 0.1) is 16.9 Å². The Balaban J connectivity index is 1.47. The summed E-state index contributed by atoms with van der Waals surface area (Å²) < 4.78 is 8.31. The van der Waals surface area contributed by atoms with Crippen LogP contribution in [0.25, 0.3) is 16.6 Å². The van der Waals surface area contributed by atoms with E-state index in [-0.39, 0.29) is 11.2 Å². The van der Waals surface area contributed by atoms with E-state index in [1.165, 1.54) is 4.68 Å². The molecule has 164 valence electrons. The summed E-state index contributed by atoms with van der Waals surface area (Å²) in [5, 5.41) is 3.52. The molecule has 8 nitrogen and oxygen atoms in total. The molecule has 0 atom stereocenters. The van der Waals surface area contributed by atoms with Gasteiger partial charge in [-0.3, -0.25) is 14.3 Å². The van der Waals surface area contributed by atoms with E-state index >= 15 is 0 Å². The van der Waals surface area contributed by atoms with Crippen molar-refractivity contribution < 1.29 is 14.3 Å². The molecule has 0 unspecified atom stereocenters. The minimum Gasteiger partial charge on any atom is -0.452 e. The Kier molecular flexibility index (Phi) is 5.44. The number of carbonyl (C=O) groups excluding carboxylic acids is 2. The van der Waals surface area contributed by atoms with Crippen molar-refractivity contribution in [1.29, 1.82) is 0 Å². The zero-order valence-electron chi connectivity index (χ0n) is 18.4. The first-order valence-electron chi connectivity index (χ1n) is 10.2. The largest absolute Gasteiger partial charge is 0.452 e. The number of carbonyl (C=O) groups is 2. The lowest BCUT2D eigenvalue weighted by Gasteiger charge is -2.07. The number of hydrogen-bond donors (Lipinski definition) is 2. The van der Waals surface area contributed by atoms with E-state index in [0.717, 1.165) is 22.2 Å². The lowest BCUT2D eigenvalue weighted by molar-refractivity contribution is -0.119. The second-order valence-corrected chi connectivity index (χ2v) is 7.70. The average molecular weight is 432 g/mol. The standard InChI is InChI=1S/C24H24N4O4/c1-14-15(2)25-20-11-10-17(12-19(14)20)24(31)32-13-21(29)26-22-16(3)27(4)28(23(22)30)18-8-6-5-7-9-18/h5-12,25H,13H2,1-4H3,(H,26,29). The smallest absolute Gasteiger partial charge is 0.338 e. The molecule has 2 heterocycles. The third-order valence-corrected chi connectivity index (χ3v) is 5.70. The summed E-state index contributed by atoms with van der Waals surface area (Å²) in [7, 11) is 1.74. The molecule has 2 aromatic carbocycles. The number of anilines is 1. The van der Waals surface area contributed by atoms with E-state index in [1.54, 1.807) is 42.9 Å². The molecule has 0 saturated heterocycles. The third kappa shape index (κ3) is 3.71. The highest BCUT2D eigenvalue weighted by Crippen LogP contribution is 2.22. The van der Waals surface area contributed by atoms with Crippen molar-refractivity contribution in [1.82, 2.24) is 14.3 Å². The Bertz CT molecular complexity index is 1390. The van der Waals surface area contributed by atoms with E-state index in [9.17, 15) is 14.4 Å². The molecule has 0 fully saturated rings. The predicted molar refractivity (Wildman–Crippen MR) is 122 cm³/mol. The highest BCUT2D eigenvalue weighted by Gasteiger charge is 2.19. The number of esters is 1. The molecule has 0 radical (unpaired) electrons. The molecule has 0 aliphatic rings. The van der Waals surface area contributed by atoms with Crippen molar-refractivity contribution >= 4 is 28.5 Å². The van der Waals surface area contributed by atoms with Gasteiger partial charge in [0.25, 0.3) is 11.5 Å². The van der Waals surface area contributed by atoms with Crippen molar-refractivity contribution in [2.24, 2.45) is 7.05 Å². The quantitative estimate of drug-likeness (QED) is 0.473. The Morgan fingerprint density at radius 1 is 1.06 bits per heavy atom. The second kappa shape index (κ2) is 8.22. The summed E-state index contributed by atoms with van der Waals surface area (Å²) in [6.07, 6.45) is 0. The zero-order chi connectivity index (χ0) is 23.0. The summed E-state index contributed by atoms with van der Waals surface area (Å²) in [6, 6.07) is 14.3. The van der Waals surface area contributed by atoms with Crippen LogP contribution < -0.4 is 10.9 Å². The molecule has 8 heteroatoms.